The van der Waals surface area contributed by atoms with Gasteiger partial charge >= 0.3 is 5.97 Å². The number of rotatable bonds is 9. The third-order valence-corrected chi connectivity index (χ3v) is 11.4. The summed E-state index contributed by atoms with van der Waals surface area (Å²) in [5.74, 6) is -71.8. The van der Waals surface area contributed by atoms with E-state index in [9.17, 15) is 62.3 Å². The van der Waals surface area contributed by atoms with Crippen LogP contribution >= 0.6 is 0 Å². The summed E-state index contributed by atoms with van der Waals surface area (Å²) in [6, 6.07) is 28.3. The Morgan fingerprint density at radius 2 is 0.747 bits per heavy atom. The molecule has 0 fully saturated rings. The fourth-order valence-electron chi connectivity index (χ4n) is 8.10. The molecule has 0 aliphatic carbocycles. The van der Waals surface area contributed by atoms with E-state index in [4.69, 9.17) is 10.00 Å². The standard InChI is InChI=1S/C25H17N2O3.C24BF20/c26-16-18-10-13-21(14-11-18)30-25(29)23-15-12-19-6-4-5-9-22(19)27(23)17-24(28)20-7-2-1-3-8-20;26-5-1(6(27)14(35)21(42)13(5)34)25(2-7(28)15(36)22(43)16(37)8(2)29,3-9(30)17(38)23(44)18(39)10(3)31)4-11(32)19(40)24(45)20(41)12(4)33/h1-15H,17H2;/q+1;-1. The third kappa shape index (κ3) is 8.90. The Bertz CT molecular complexity index is 3340. The van der Waals surface area contributed by atoms with Crippen molar-refractivity contribution < 1.29 is 107 Å². The summed E-state index contributed by atoms with van der Waals surface area (Å²) in [7, 11) is 0. The molecule has 26 heteroatoms. The molecule has 0 bridgehead atoms. The number of benzene rings is 7. The van der Waals surface area contributed by atoms with Gasteiger partial charge in [-0.25, -0.2) is 92.6 Å². The molecule has 0 aliphatic heterocycles. The fourth-order valence-corrected chi connectivity index (χ4v) is 8.10. The summed E-state index contributed by atoms with van der Waals surface area (Å²) in [6.45, 7) is 0.00315. The predicted octanol–water partition coefficient (Wildman–Crippen LogP) is 9.95. The van der Waals surface area contributed by atoms with Gasteiger partial charge in [-0.2, -0.15) is 9.83 Å². The second-order valence-corrected chi connectivity index (χ2v) is 15.5. The maximum atomic E-state index is 15.4. The van der Waals surface area contributed by atoms with Gasteiger partial charge in [0.25, 0.3) is 5.69 Å². The number of carbonyl (C=O) groups excluding carboxylic acids is 2. The number of aromatic nitrogens is 1. The van der Waals surface area contributed by atoms with Gasteiger partial charge in [0.1, 0.15) is 58.4 Å². The van der Waals surface area contributed by atoms with E-state index >= 15 is 35.1 Å². The second-order valence-electron chi connectivity index (χ2n) is 15.5. The highest BCUT2D eigenvalue weighted by Gasteiger charge is 2.52. The van der Waals surface area contributed by atoms with Crippen molar-refractivity contribution in [2.45, 2.75) is 6.54 Å². The average Bonchev–Trinajstić information content (AvgIpc) is 3.41. The van der Waals surface area contributed by atoms with Gasteiger partial charge in [-0.05, 0) is 36.4 Å². The molecule has 1 aromatic heterocycles. The van der Waals surface area contributed by atoms with Gasteiger partial charge in [-0.3, -0.25) is 4.79 Å². The lowest BCUT2D eigenvalue weighted by molar-refractivity contribution is -0.659. The minimum absolute atomic E-state index is 0.00315. The number of pyridine rings is 1. The maximum Gasteiger partial charge on any atom is 0.409 e. The number of fused-ring (bicyclic) bond motifs is 1. The Balaban J connectivity index is 0.000000236. The van der Waals surface area contributed by atoms with Crippen molar-refractivity contribution in [2.75, 3.05) is 0 Å². The van der Waals surface area contributed by atoms with Crippen LogP contribution in [0.3, 0.4) is 0 Å². The van der Waals surface area contributed by atoms with Gasteiger partial charge in [0.15, 0.2) is 69.8 Å². The predicted molar refractivity (Wildman–Crippen MR) is 220 cm³/mol. The van der Waals surface area contributed by atoms with Crippen molar-refractivity contribution in [3.8, 4) is 11.8 Å². The van der Waals surface area contributed by atoms with E-state index in [-0.39, 0.29) is 18.0 Å². The number of nitrogens with zero attached hydrogens (tertiary/aromatic N) is 2. The number of nitriles is 1. The van der Waals surface area contributed by atoms with Crippen LogP contribution in [0.4, 0.5) is 87.8 Å². The molecule has 384 valence electrons. The van der Waals surface area contributed by atoms with Gasteiger partial charge in [-0.1, -0.05) is 42.5 Å². The Hall–Kier alpha value is -8.76. The molecule has 75 heavy (non-hydrogen) atoms. The summed E-state index contributed by atoms with van der Waals surface area (Å²) in [5, 5.41) is 9.82. The number of ketones is 1. The SMILES string of the molecule is Fc1c(F)c(F)c([B-](c2c(F)c(F)c(F)c(F)c2F)(c2c(F)c(F)c(F)c(F)c2F)c2c(F)c(F)c(F)c(F)c2F)c(F)c1F.N#Cc1ccc(OC(=O)c2ccc3ccccc3[n+]2CC(=O)c2ccccc2)cc1. The van der Waals surface area contributed by atoms with Gasteiger partial charge in [0.05, 0.1) is 11.6 Å². The lowest BCUT2D eigenvalue weighted by Gasteiger charge is -2.44. The molecule has 0 N–H and O–H groups in total. The van der Waals surface area contributed by atoms with Crippen LogP contribution in [0.2, 0.25) is 0 Å². The fraction of sp³-hybridized carbons (Fsp3) is 0.0204. The average molecular weight is 1070 g/mol. The molecule has 0 amide bonds. The quantitative estimate of drug-likeness (QED) is 0.0211. The van der Waals surface area contributed by atoms with Gasteiger partial charge in [-0.15, -0.1) is 21.9 Å². The van der Waals surface area contributed by atoms with Crippen LogP contribution in [-0.4, -0.2) is 17.9 Å². The first-order valence-corrected chi connectivity index (χ1v) is 20.3. The smallest absolute Gasteiger partial charge is 0.409 e. The molecule has 1 heterocycles. The molecule has 8 aromatic rings. The number of carbonyl (C=O) groups is 2. The zero-order chi connectivity index (χ0) is 55.3. The first-order chi connectivity index (χ1) is 35.4. The normalized spacial score (nSPS) is 11.3. The van der Waals surface area contributed by atoms with Crippen molar-refractivity contribution >= 4 is 50.7 Å². The molecule has 8 rings (SSSR count). The first-order valence-electron chi connectivity index (χ1n) is 20.3. The number of ether oxygens (including phenoxy) is 1. The first kappa shape index (κ1) is 54.0. The van der Waals surface area contributed by atoms with E-state index in [2.05, 4.69) is 0 Å². The molecule has 0 unspecified atom stereocenters. The summed E-state index contributed by atoms with van der Waals surface area (Å²) in [5.41, 5.74) is -12.3. The molecule has 7 aromatic carbocycles. The van der Waals surface area contributed by atoms with Gasteiger partial charge in [0, 0.05) is 23.1 Å². The van der Waals surface area contributed by atoms with Crippen molar-refractivity contribution in [3.63, 3.8) is 0 Å². The highest BCUT2D eigenvalue weighted by atomic mass is 19.2. The zero-order valence-electron chi connectivity index (χ0n) is 36.1. The van der Waals surface area contributed by atoms with E-state index in [0.717, 1.165) is 10.9 Å². The Morgan fingerprint density at radius 3 is 1.11 bits per heavy atom. The monoisotopic (exact) mass is 1070 g/mol. The van der Waals surface area contributed by atoms with Crippen molar-refractivity contribution in [1.82, 2.24) is 0 Å². The number of para-hydroxylation sites is 1. The van der Waals surface area contributed by atoms with E-state index < -0.39 is 150 Å². The number of Topliss-reactive ketones (excluding diaryl/α,β-unsaturated/α-hetero) is 1. The Morgan fingerprint density at radius 1 is 0.413 bits per heavy atom. The lowest BCUT2D eigenvalue weighted by atomic mass is 9.12. The summed E-state index contributed by atoms with van der Waals surface area (Å²) in [6.07, 6.45) is -7.22. The molecule has 0 aliphatic rings. The van der Waals surface area contributed by atoms with E-state index in [0.29, 0.717) is 16.9 Å². The second kappa shape index (κ2) is 20.6. The van der Waals surface area contributed by atoms with Crippen molar-refractivity contribution in [3.05, 3.63) is 224 Å². The number of esters is 1. The van der Waals surface area contributed by atoms with E-state index in [1.54, 1.807) is 59.2 Å². The number of hydrogen-bond acceptors (Lipinski definition) is 4. The van der Waals surface area contributed by atoms with Crippen LogP contribution in [0.1, 0.15) is 26.4 Å². The van der Waals surface area contributed by atoms with Gasteiger partial charge < -0.3 is 4.74 Å². The minimum atomic E-state index is -7.22. The van der Waals surface area contributed by atoms with E-state index in [1.807, 2.05) is 42.5 Å². The van der Waals surface area contributed by atoms with Crippen LogP contribution < -0.4 is 31.2 Å². The maximum absolute atomic E-state index is 15.4. The Kier molecular flexibility index (Phi) is 14.9. The summed E-state index contributed by atoms with van der Waals surface area (Å²) >= 11 is 0. The lowest BCUT2D eigenvalue weighted by Crippen LogP contribution is -2.81. The molecular weight excluding hydrogens is 1060 g/mol. The van der Waals surface area contributed by atoms with E-state index in [1.165, 1.54) is 0 Å². The van der Waals surface area contributed by atoms with Crippen LogP contribution in [0.15, 0.2) is 91.0 Å². The highest BCUT2D eigenvalue weighted by molar-refractivity contribution is 7.20. The number of hydrogen-bond donors (Lipinski definition) is 0. The van der Waals surface area contributed by atoms with Crippen molar-refractivity contribution in [1.29, 1.82) is 5.26 Å². The molecule has 0 saturated heterocycles. The van der Waals surface area contributed by atoms with Crippen LogP contribution in [0, 0.1) is 128 Å². The van der Waals surface area contributed by atoms with Crippen LogP contribution in [0.5, 0.6) is 5.75 Å². The summed E-state index contributed by atoms with van der Waals surface area (Å²) < 4.78 is 301. The highest BCUT2D eigenvalue weighted by Crippen LogP contribution is 2.31. The molecule has 5 nitrogen and oxygen atoms in total. The Labute approximate surface area is 404 Å². The largest absolute Gasteiger partial charge is 0.419 e. The molecule has 0 saturated carbocycles. The van der Waals surface area contributed by atoms with Gasteiger partial charge in [0.2, 0.25) is 17.8 Å². The molecular formula is C49H17BF20N2O3. The summed E-state index contributed by atoms with van der Waals surface area (Å²) in [4.78, 5) is 25.8. The zero-order valence-corrected chi connectivity index (χ0v) is 36.1. The third-order valence-electron chi connectivity index (χ3n) is 11.4. The number of halogens is 20. The molecule has 0 spiro atoms. The molecule has 0 radical (unpaired) electrons. The molecule has 0 atom stereocenters. The minimum Gasteiger partial charge on any atom is -0.419 e. The van der Waals surface area contributed by atoms with Crippen molar-refractivity contribution in [2.24, 2.45) is 0 Å². The van der Waals surface area contributed by atoms with Crippen LogP contribution in [-0.2, 0) is 6.54 Å². The topological polar surface area (TPSA) is 71.0 Å². The van der Waals surface area contributed by atoms with Crippen LogP contribution in [0.25, 0.3) is 10.9 Å².